The summed E-state index contributed by atoms with van der Waals surface area (Å²) in [5.74, 6) is 1.69. The van der Waals surface area contributed by atoms with Crippen LogP contribution in [0.4, 0.5) is 0 Å². The van der Waals surface area contributed by atoms with Gasteiger partial charge < -0.3 is 20.3 Å². The number of aryl methyl sites for hydroxylation is 1. The molecule has 0 saturated heterocycles. The highest BCUT2D eigenvalue weighted by atomic mass is 127. The number of hydrogen-bond donors (Lipinski definition) is 2. The first-order valence-corrected chi connectivity index (χ1v) is 9.94. The van der Waals surface area contributed by atoms with Crippen LogP contribution in [0.15, 0.2) is 53.5 Å². The zero-order chi connectivity index (χ0) is 21.1. The minimum Gasteiger partial charge on any atom is -0.494 e. The molecule has 7 heteroatoms. The molecular weight excluding hydrogens is 491 g/mol. The van der Waals surface area contributed by atoms with Gasteiger partial charge in [0.2, 0.25) is 0 Å². The molecule has 0 unspecified atom stereocenters. The lowest BCUT2D eigenvalue weighted by molar-refractivity contribution is 0.0827. The molecule has 0 saturated carbocycles. The van der Waals surface area contributed by atoms with Gasteiger partial charge in [-0.2, -0.15) is 0 Å². The maximum atomic E-state index is 11.9. The molecule has 6 nitrogen and oxygen atoms in total. The molecule has 0 aliphatic rings. The summed E-state index contributed by atoms with van der Waals surface area (Å²) in [5, 5.41) is 6.60. The third-order valence-corrected chi connectivity index (χ3v) is 4.44. The minimum absolute atomic E-state index is 0. The number of guanidine groups is 1. The van der Waals surface area contributed by atoms with Crippen molar-refractivity contribution in [2.24, 2.45) is 4.99 Å². The lowest BCUT2D eigenvalue weighted by Crippen LogP contribution is -2.37. The summed E-state index contributed by atoms with van der Waals surface area (Å²) in [6.07, 6.45) is 1.97. The molecule has 0 fully saturated rings. The number of hydrogen-bond acceptors (Lipinski definition) is 3. The van der Waals surface area contributed by atoms with Crippen LogP contribution in [-0.2, 0) is 6.54 Å². The number of halogens is 1. The van der Waals surface area contributed by atoms with Gasteiger partial charge in [-0.15, -0.1) is 24.0 Å². The highest BCUT2D eigenvalue weighted by Gasteiger charge is 2.07. The summed E-state index contributed by atoms with van der Waals surface area (Å²) >= 11 is 0. The average molecular weight is 524 g/mol. The van der Waals surface area contributed by atoms with Crippen molar-refractivity contribution in [2.45, 2.75) is 26.3 Å². The van der Waals surface area contributed by atoms with Crippen LogP contribution in [0.3, 0.4) is 0 Å². The van der Waals surface area contributed by atoms with E-state index < -0.39 is 0 Å². The first-order chi connectivity index (χ1) is 14.0. The fraction of sp³-hybridized carbons (Fsp3) is 0.391. The second-order valence-corrected chi connectivity index (χ2v) is 7.12. The highest BCUT2D eigenvalue weighted by molar-refractivity contribution is 14.0. The maximum absolute atomic E-state index is 11.9. The van der Waals surface area contributed by atoms with Crippen molar-refractivity contribution >= 4 is 35.8 Å². The van der Waals surface area contributed by atoms with E-state index >= 15 is 0 Å². The van der Waals surface area contributed by atoms with E-state index in [9.17, 15) is 4.79 Å². The summed E-state index contributed by atoms with van der Waals surface area (Å²) in [5.41, 5.74) is 3.02. The minimum atomic E-state index is 0. The lowest BCUT2D eigenvalue weighted by Gasteiger charge is -2.13. The number of nitrogens with zero attached hydrogens (tertiary/aromatic N) is 2. The predicted octanol–water partition coefficient (Wildman–Crippen LogP) is 3.84. The van der Waals surface area contributed by atoms with Crippen LogP contribution in [0.25, 0.3) is 0 Å². The highest BCUT2D eigenvalue weighted by Crippen LogP contribution is 2.11. The molecule has 0 atom stereocenters. The van der Waals surface area contributed by atoms with Gasteiger partial charge in [0.05, 0.1) is 6.61 Å². The quantitative estimate of drug-likeness (QED) is 0.227. The van der Waals surface area contributed by atoms with Gasteiger partial charge in [-0.05, 0) is 49.6 Å². The molecule has 0 aliphatic carbocycles. The van der Waals surface area contributed by atoms with E-state index in [-0.39, 0.29) is 29.9 Å². The zero-order valence-corrected chi connectivity index (χ0v) is 20.6. The Bertz CT molecular complexity index is 790. The molecule has 2 N–H and O–H groups in total. The van der Waals surface area contributed by atoms with Gasteiger partial charge >= 0.3 is 0 Å². The summed E-state index contributed by atoms with van der Waals surface area (Å²) in [4.78, 5) is 17.8. The Hall–Kier alpha value is -2.29. The smallest absolute Gasteiger partial charge is 0.253 e. The van der Waals surface area contributed by atoms with Crippen molar-refractivity contribution in [3.8, 4) is 5.75 Å². The Balaban J connectivity index is 0.00000450. The second kappa shape index (κ2) is 13.8. The monoisotopic (exact) mass is 524 g/mol. The third-order valence-electron chi connectivity index (χ3n) is 4.44. The van der Waals surface area contributed by atoms with Crippen molar-refractivity contribution in [2.75, 3.05) is 34.3 Å². The van der Waals surface area contributed by atoms with Crippen LogP contribution in [0, 0.1) is 6.92 Å². The molecule has 2 rings (SSSR count). The van der Waals surface area contributed by atoms with Crippen LogP contribution >= 0.6 is 24.0 Å². The Morgan fingerprint density at radius 3 is 2.27 bits per heavy atom. The molecule has 0 aromatic heterocycles. The molecule has 0 heterocycles. The average Bonchev–Trinajstić information content (AvgIpc) is 2.73. The largest absolute Gasteiger partial charge is 0.494 e. The van der Waals surface area contributed by atoms with Crippen molar-refractivity contribution in [3.05, 3.63) is 65.2 Å². The summed E-state index contributed by atoms with van der Waals surface area (Å²) in [6.45, 7) is 4.24. The Morgan fingerprint density at radius 1 is 1.00 bits per heavy atom. The fourth-order valence-corrected chi connectivity index (χ4v) is 2.69. The van der Waals surface area contributed by atoms with Gasteiger partial charge in [-0.1, -0.05) is 29.8 Å². The van der Waals surface area contributed by atoms with Crippen LogP contribution in [0.1, 0.15) is 34.3 Å². The number of unbranched alkanes of at least 4 members (excludes halogenated alkanes) is 1. The standard InChI is InChI=1S/C23H32N4O2.HI/c1-18-7-13-21(14-8-18)29-16-6-5-15-25-23(24-2)26-17-19-9-11-20(12-10-19)22(28)27(3)4;/h7-14H,5-6,15-17H2,1-4H3,(H2,24,25,26);1H. The molecule has 2 aromatic rings. The molecule has 0 aliphatic heterocycles. The molecule has 164 valence electrons. The number of amides is 1. The summed E-state index contributed by atoms with van der Waals surface area (Å²) in [7, 11) is 5.26. The van der Waals surface area contributed by atoms with Crippen molar-refractivity contribution in [1.82, 2.24) is 15.5 Å². The predicted molar refractivity (Wildman–Crippen MR) is 134 cm³/mol. The van der Waals surface area contributed by atoms with E-state index in [1.165, 1.54) is 5.56 Å². The topological polar surface area (TPSA) is 66.0 Å². The van der Waals surface area contributed by atoms with Crippen LogP contribution in [0.5, 0.6) is 5.75 Å². The van der Waals surface area contributed by atoms with Gasteiger partial charge in [0.25, 0.3) is 5.91 Å². The van der Waals surface area contributed by atoms with Gasteiger partial charge in [-0.25, -0.2) is 0 Å². The van der Waals surface area contributed by atoms with Crippen molar-refractivity contribution in [3.63, 3.8) is 0 Å². The molecule has 30 heavy (non-hydrogen) atoms. The number of aliphatic imine (C=N–C) groups is 1. The van der Waals surface area contributed by atoms with E-state index in [4.69, 9.17) is 4.74 Å². The number of carbonyl (C=O) groups is 1. The Kier molecular flexibility index (Phi) is 11.9. The number of rotatable bonds is 9. The number of carbonyl (C=O) groups excluding carboxylic acids is 1. The van der Waals surface area contributed by atoms with E-state index in [0.717, 1.165) is 36.7 Å². The van der Waals surface area contributed by atoms with Gasteiger partial charge in [-0.3, -0.25) is 9.79 Å². The third kappa shape index (κ3) is 9.02. The zero-order valence-electron chi connectivity index (χ0n) is 18.3. The first kappa shape index (κ1) is 25.7. The van der Waals surface area contributed by atoms with E-state index in [1.807, 2.05) is 36.4 Å². The van der Waals surface area contributed by atoms with Crippen molar-refractivity contribution < 1.29 is 9.53 Å². The Labute approximate surface area is 197 Å². The van der Waals surface area contributed by atoms with Gasteiger partial charge in [0.1, 0.15) is 5.75 Å². The Morgan fingerprint density at radius 2 is 1.67 bits per heavy atom. The molecule has 0 spiro atoms. The molecule has 0 radical (unpaired) electrons. The summed E-state index contributed by atoms with van der Waals surface area (Å²) in [6, 6.07) is 15.7. The van der Waals surface area contributed by atoms with Gasteiger partial charge in [0, 0.05) is 39.8 Å². The number of nitrogens with one attached hydrogen (secondary N) is 2. The van der Waals surface area contributed by atoms with E-state index in [2.05, 4.69) is 34.7 Å². The summed E-state index contributed by atoms with van der Waals surface area (Å²) < 4.78 is 5.74. The SMILES string of the molecule is CN=C(NCCCCOc1ccc(C)cc1)NCc1ccc(C(=O)N(C)C)cc1.I. The first-order valence-electron chi connectivity index (χ1n) is 9.94. The molecule has 0 bridgehead atoms. The normalized spacial score (nSPS) is 10.7. The van der Waals surface area contributed by atoms with Crippen LogP contribution < -0.4 is 15.4 Å². The second-order valence-electron chi connectivity index (χ2n) is 7.12. The number of benzene rings is 2. The molecular formula is C23H33IN4O2. The van der Waals surface area contributed by atoms with Crippen LogP contribution in [0.2, 0.25) is 0 Å². The van der Waals surface area contributed by atoms with E-state index in [1.54, 1.807) is 26.0 Å². The van der Waals surface area contributed by atoms with E-state index in [0.29, 0.717) is 18.7 Å². The maximum Gasteiger partial charge on any atom is 0.253 e. The number of ether oxygens (including phenoxy) is 1. The fourth-order valence-electron chi connectivity index (χ4n) is 2.69. The van der Waals surface area contributed by atoms with Gasteiger partial charge in [0.15, 0.2) is 5.96 Å². The molecule has 1 amide bonds. The van der Waals surface area contributed by atoms with Crippen LogP contribution in [-0.4, -0.2) is 51.1 Å². The molecule has 2 aromatic carbocycles. The lowest BCUT2D eigenvalue weighted by atomic mass is 10.1. The van der Waals surface area contributed by atoms with Crippen molar-refractivity contribution in [1.29, 1.82) is 0 Å².